The monoisotopic (exact) mass is 269 g/mol. The normalized spacial score (nSPS) is 32.6. The van der Waals surface area contributed by atoms with Crippen LogP contribution < -0.4 is 16.0 Å². The Morgan fingerprint density at radius 1 is 1.63 bits per heavy atom. The second-order valence-electron chi connectivity index (χ2n) is 5.68. The van der Waals surface area contributed by atoms with Crippen molar-refractivity contribution >= 4 is 11.8 Å². The Labute approximate surface area is 113 Å². The van der Waals surface area contributed by atoms with Crippen LogP contribution in [0.3, 0.4) is 0 Å². The van der Waals surface area contributed by atoms with Gasteiger partial charge in [-0.1, -0.05) is 0 Å². The molecule has 19 heavy (non-hydrogen) atoms. The Balaban J connectivity index is 1.82. The number of amides is 2. The highest BCUT2D eigenvalue weighted by Gasteiger charge is 2.50. The van der Waals surface area contributed by atoms with Crippen LogP contribution in [0, 0.1) is 5.92 Å². The van der Waals surface area contributed by atoms with E-state index < -0.39 is 6.10 Å². The molecule has 2 heterocycles. The molecule has 0 aromatic rings. The number of carbonyl (C=O) groups excluding carboxylic acids is 2. The molecule has 0 aliphatic carbocycles. The van der Waals surface area contributed by atoms with E-state index in [1.54, 1.807) is 14.0 Å². The number of β-lactam (4-membered cyclic amide) rings is 1. The molecular weight excluding hydrogens is 246 g/mol. The van der Waals surface area contributed by atoms with Gasteiger partial charge in [0, 0.05) is 19.6 Å². The second kappa shape index (κ2) is 5.46. The van der Waals surface area contributed by atoms with Gasteiger partial charge in [-0.25, -0.2) is 0 Å². The van der Waals surface area contributed by atoms with Gasteiger partial charge in [0.05, 0.1) is 12.0 Å². The third-order valence-electron chi connectivity index (χ3n) is 4.38. The summed E-state index contributed by atoms with van der Waals surface area (Å²) in [7, 11) is 1.58. The molecule has 2 fully saturated rings. The molecule has 0 aromatic carbocycles. The summed E-state index contributed by atoms with van der Waals surface area (Å²) >= 11 is 0. The van der Waals surface area contributed by atoms with Crippen LogP contribution in [0.2, 0.25) is 0 Å². The molecule has 0 radical (unpaired) electrons. The molecule has 2 aliphatic rings. The molecule has 0 aromatic heterocycles. The minimum Gasteiger partial charge on any atom is -0.393 e. The van der Waals surface area contributed by atoms with E-state index in [2.05, 4.69) is 16.0 Å². The number of aliphatic hydroxyl groups excluding tert-OH is 1. The van der Waals surface area contributed by atoms with Crippen molar-refractivity contribution in [2.45, 2.75) is 50.3 Å². The molecule has 4 N–H and O–H groups in total. The molecule has 0 bridgehead atoms. The van der Waals surface area contributed by atoms with E-state index in [-0.39, 0.29) is 29.3 Å². The Kier molecular flexibility index (Phi) is 4.10. The smallest absolute Gasteiger partial charge is 0.242 e. The lowest BCUT2D eigenvalue weighted by Crippen LogP contribution is -2.70. The first-order valence-corrected chi connectivity index (χ1v) is 6.94. The maximum Gasteiger partial charge on any atom is 0.242 e. The predicted molar refractivity (Wildman–Crippen MR) is 70.4 cm³/mol. The zero-order chi connectivity index (χ0) is 14.0. The average molecular weight is 269 g/mol. The fraction of sp³-hybridized carbons (Fsp3) is 0.846. The van der Waals surface area contributed by atoms with Gasteiger partial charge >= 0.3 is 0 Å². The quantitative estimate of drug-likeness (QED) is 0.488. The first-order chi connectivity index (χ1) is 8.98. The molecule has 4 atom stereocenters. The van der Waals surface area contributed by atoms with Crippen LogP contribution in [0.5, 0.6) is 0 Å². The molecule has 1 spiro atoms. The highest BCUT2D eigenvalue weighted by Crippen LogP contribution is 2.30. The highest BCUT2D eigenvalue weighted by molar-refractivity contribution is 5.93. The van der Waals surface area contributed by atoms with Crippen molar-refractivity contribution in [1.29, 1.82) is 0 Å². The number of hydrogen-bond acceptors (Lipinski definition) is 4. The van der Waals surface area contributed by atoms with E-state index >= 15 is 0 Å². The van der Waals surface area contributed by atoms with E-state index in [0.29, 0.717) is 13.0 Å². The molecule has 2 saturated heterocycles. The van der Waals surface area contributed by atoms with Gasteiger partial charge in [-0.05, 0) is 32.6 Å². The SMILES string of the molecule is CNC(=O)[C@@H](CCC1CCC2(CNC2=O)N1)[C@@H](C)O. The van der Waals surface area contributed by atoms with Crippen LogP contribution in [0.1, 0.15) is 32.6 Å². The van der Waals surface area contributed by atoms with Crippen molar-refractivity contribution < 1.29 is 14.7 Å². The minimum atomic E-state index is -0.651. The molecule has 2 unspecified atom stereocenters. The summed E-state index contributed by atoms with van der Waals surface area (Å²) in [4.78, 5) is 23.2. The fourth-order valence-corrected chi connectivity index (χ4v) is 3.02. The first kappa shape index (κ1) is 14.3. The minimum absolute atomic E-state index is 0.0911. The Morgan fingerprint density at radius 2 is 2.37 bits per heavy atom. The number of carbonyl (C=O) groups is 2. The summed E-state index contributed by atoms with van der Waals surface area (Å²) in [6.07, 6.45) is 2.60. The Hall–Kier alpha value is -1.14. The molecule has 6 nitrogen and oxygen atoms in total. The lowest BCUT2D eigenvalue weighted by Gasteiger charge is -2.38. The Bertz CT molecular complexity index is 372. The van der Waals surface area contributed by atoms with Crippen LogP contribution in [0.15, 0.2) is 0 Å². The molecule has 2 aliphatic heterocycles. The van der Waals surface area contributed by atoms with Gasteiger partial charge < -0.3 is 15.7 Å². The summed E-state index contributed by atoms with van der Waals surface area (Å²) < 4.78 is 0. The Morgan fingerprint density at radius 3 is 2.79 bits per heavy atom. The standard InChI is InChI=1S/C13H23N3O3/c1-8(17)10(11(18)14-2)4-3-9-5-6-13(16-9)7-15-12(13)19/h8-10,16-17H,3-7H2,1-2H3,(H,14,18)(H,15,19)/t8-,9?,10+,13?/m1/s1. The third kappa shape index (κ3) is 2.74. The average Bonchev–Trinajstić information content (AvgIpc) is 2.83. The predicted octanol–water partition coefficient (Wildman–Crippen LogP) is -0.870. The summed E-state index contributed by atoms with van der Waals surface area (Å²) in [5, 5.41) is 18.4. The lowest BCUT2D eigenvalue weighted by atomic mass is 9.90. The van der Waals surface area contributed by atoms with Crippen LogP contribution in [0.4, 0.5) is 0 Å². The van der Waals surface area contributed by atoms with Crippen LogP contribution in [0.25, 0.3) is 0 Å². The first-order valence-electron chi connectivity index (χ1n) is 6.94. The van der Waals surface area contributed by atoms with Gasteiger partial charge in [-0.3, -0.25) is 14.9 Å². The van der Waals surface area contributed by atoms with E-state index in [9.17, 15) is 14.7 Å². The van der Waals surface area contributed by atoms with E-state index in [4.69, 9.17) is 0 Å². The van der Waals surface area contributed by atoms with Crippen molar-refractivity contribution in [3.63, 3.8) is 0 Å². The van der Waals surface area contributed by atoms with E-state index in [1.165, 1.54) is 0 Å². The summed E-state index contributed by atoms with van der Waals surface area (Å²) in [5.41, 5.74) is -0.349. The lowest BCUT2D eigenvalue weighted by molar-refractivity contribution is -0.134. The van der Waals surface area contributed by atoms with Crippen molar-refractivity contribution in [3.05, 3.63) is 0 Å². The molecule has 2 rings (SSSR count). The number of nitrogens with one attached hydrogen (secondary N) is 3. The van der Waals surface area contributed by atoms with Crippen LogP contribution >= 0.6 is 0 Å². The topological polar surface area (TPSA) is 90.5 Å². The largest absolute Gasteiger partial charge is 0.393 e. The molecular formula is C13H23N3O3. The van der Waals surface area contributed by atoms with Crippen molar-refractivity contribution in [2.24, 2.45) is 5.92 Å². The fourth-order valence-electron chi connectivity index (χ4n) is 3.02. The molecule has 108 valence electrons. The molecule has 6 heteroatoms. The van der Waals surface area contributed by atoms with Gasteiger partial charge in [0.1, 0.15) is 5.54 Å². The summed E-state index contributed by atoms with van der Waals surface area (Å²) in [5.74, 6) is -0.406. The third-order valence-corrected chi connectivity index (χ3v) is 4.38. The summed E-state index contributed by atoms with van der Waals surface area (Å²) in [6, 6.07) is 0.261. The van der Waals surface area contributed by atoms with Crippen LogP contribution in [-0.4, -0.2) is 48.2 Å². The van der Waals surface area contributed by atoms with Crippen molar-refractivity contribution in [2.75, 3.05) is 13.6 Å². The second-order valence-corrected chi connectivity index (χ2v) is 5.68. The number of hydrogen-bond donors (Lipinski definition) is 4. The van der Waals surface area contributed by atoms with Gasteiger partial charge in [0.2, 0.25) is 11.8 Å². The molecule has 0 saturated carbocycles. The van der Waals surface area contributed by atoms with E-state index in [1.807, 2.05) is 0 Å². The van der Waals surface area contributed by atoms with Gasteiger partial charge in [-0.2, -0.15) is 0 Å². The number of aliphatic hydroxyl groups is 1. The molecule has 2 amide bonds. The maximum atomic E-state index is 11.6. The zero-order valence-electron chi connectivity index (χ0n) is 11.5. The summed E-state index contributed by atoms with van der Waals surface area (Å²) in [6.45, 7) is 2.35. The van der Waals surface area contributed by atoms with Crippen molar-refractivity contribution in [3.8, 4) is 0 Å². The maximum absolute atomic E-state index is 11.6. The van der Waals surface area contributed by atoms with Crippen molar-refractivity contribution in [1.82, 2.24) is 16.0 Å². The van der Waals surface area contributed by atoms with Gasteiger partial charge in [0.25, 0.3) is 0 Å². The number of rotatable bonds is 5. The highest BCUT2D eigenvalue weighted by atomic mass is 16.3. The van der Waals surface area contributed by atoms with Gasteiger partial charge in [-0.15, -0.1) is 0 Å². The zero-order valence-corrected chi connectivity index (χ0v) is 11.5. The van der Waals surface area contributed by atoms with Crippen LogP contribution in [-0.2, 0) is 9.59 Å². The van der Waals surface area contributed by atoms with E-state index in [0.717, 1.165) is 19.3 Å². The van der Waals surface area contributed by atoms with Gasteiger partial charge in [0.15, 0.2) is 0 Å².